The van der Waals surface area contributed by atoms with E-state index in [1.54, 1.807) is 13.0 Å². The van der Waals surface area contributed by atoms with Gasteiger partial charge in [-0.3, -0.25) is 10.1 Å². The Kier molecular flexibility index (Phi) is 6.37. The number of aryl methyl sites for hydroxylation is 1. The van der Waals surface area contributed by atoms with E-state index in [1.165, 1.54) is 12.1 Å². The van der Waals surface area contributed by atoms with E-state index in [1.807, 2.05) is 19.2 Å². The standard InChI is InChI=1S/C15H20N2O5/c1-9(2)7-16-15(21)17-13(19)8-22-14(20)11-5-4-10(3)6-12(11)18/h4-6,9,18H,7-8H2,1-3H3,(H2,16,17,19,21). The normalized spacial score (nSPS) is 10.2. The molecule has 7 nitrogen and oxygen atoms in total. The van der Waals surface area contributed by atoms with Gasteiger partial charge >= 0.3 is 12.0 Å². The Bertz CT molecular complexity index is 569. The number of rotatable bonds is 5. The van der Waals surface area contributed by atoms with Gasteiger partial charge < -0.3 is 15.2 Å². The van der Waals surface area contributed by atoms with Crippen LogP contribution in [-0.4, -0.2) is 36.2 Å². The van der Waals surface area contributed by atoms with Crippen LogP contribution in [0.2, 0.25) is 0 Å². The van der Waals surface area contributed by atoms with E-state index in [0.29, 0.717) is 6.54 Å². The molecule has 0 radical (unpaired) electrons. The minimum absolute atomic E-state index is 0.0392. The lowest BCUT2D eigenvalue weighted by atomic mass is 10.1. The molecule has 0 fully saturated rings. The van der Waals surface area contributed by atoms with Gasteiger partial charge in [0.05, 0.1) is 0 Å². The molecule has 3 N–H and O–H groups in total. The van der Waals surface area contributed by atoms with Crippen LogP contribution in [0.15, 0.2) is 18.2 Å². The van der Waals surface area contributed by atoms with E-state index < -0.39 is 24.5 Å². The van der Waals surface area contributed by atoms with Gasteiger partial charge in [-0.2, -0.15) is 0 Å². The zero-order valence-corrected chi connectivity index (χ0v) is 12.8. The molecule has 0 heterocycles. The van der Waals surface area contributed by atoms with Crippen molar-refractivity contribution in [1.29, 1.82) is 0 Å². The summed E-state index contributed by atoms with van der Waals surface area (Å²) in [6.45, 7) is 5.41. The first-order valence-electron chi connectivity index (χ1n) is 6.84. The molecule has 0 aromatic heterocycles. The third-order valence-electron chi connectivity index (χ3n) is 2.63. The van der Waals surface area contributed by atoms with Crippen LogP contribution < -0.4 is 10.6 Å². The predicted molar refractivity (Wildman–Crippen MR) is 79.5 cm³/mol. The maximum Gasteiger partial charge on any atom is 0.342 e. The molecule has 1 aromatic rings. The summed E-state index contributed by atoms with van der Waals surface area (Å²) >= 11 is 0. The molecule has 0 saturated carbocycles. The molecule has 0 aliphatic rings. The van der Waals surface area contributed by atoms with Gasteiger partial charge in [-0.1, -0.05) is 19.9 Å². The van der Waals surface area contributed by atoms with Gasteiger partial charge in [0, 0.05) is 6.54 Å². The van der Waals surface area contributed by atoms with Crippen LogP contribution in [0.3, 0.4) is 0 Å². The molecule has 22 heavy (non-hydrogen) atoms. The maximum absolute atomic E-state index is 11.7. The topological polar surface area (TPSA) is 105 Å². The van der Waals surface area contributed by atoms with Crippen LogP contribution in [0.1, 0.15) is 29.8 Å². The highest BCUT2D eigenvalue weighted by Crippen LogP contribution is 2.19. The van der Waals surface area contributed by atoms with Gasteiger partial charge in [-0.25, -0.2) is 9.59 Å². The van der Waals surface area contributed by atoms with Crippen LogP contribution >= 0.6 is 0 Å². The van der Waals surface area contributed by atoms with Gasteiger partial charge in [0.15, 0.2) is 6.61 Å². The first-order valence-corrected chi connectivity index (χ1v) is 6.84. The number of esters is 1. The number of amides is 3. The number of hydrogen-bond acceptors (Lipinski definition) is 5. The fourth-order valence-corrected chi connectivity index (χ4v) is 1.53. The zero-order chi connectivity index (χ0) is 16.7. The van der Waals surface area contributed by atoms with Crippen molar-refractivity contribution in [2.75, 3.05) is 13.2 Å². The van der Waals surface area contributed by atoms with Gasteiger partial charge in [-0.05, 0) is 30.5 Å². The number of nitrogens with one attached hydrogen (secondary N) is 2. The summed E-state index contributed by atoms with van der Waals surface area (Å²) in [7, 11) is 0. The van der Waals surface area contributed by atoms with Crippen molar-refractivity contribution >= 4 is 17.9 Å². The molecule has 0 spiro atoms. The molecule has 0 aliphatic carbocycles. The highest BCUT2D eigenvalue weighted by atomic mass is 16.5. The molecule has 0 bridgehead atoms. The highest BCUT2D eigenvalue weighted by Gasteiger charge is 2.15. The number of urea groups is 1. The first kappa shape index (κ1) is 17.5. The second-order valence-electron chi connectivity index (χ2n) is 5.25. The lowest BCUT2D eigenvalue weighted by molar-refractivity contribution is -0.123. The van der Waals surface area contributed by atoms with Gasteiger partial charge in [0.25, 0.3) is 5.91 Å². The van der Waals surface area contributed by atoms with Crippen LogP contribution in [0.25, 0.3) is 0 Å². The lowest BCUT2D eigenvalue weighted by Gasteiger charge is -2.09. The van der Waals surface area contributed by atoms with Crippen molar-refractivity contribution < 1.29 is 24.2 Å². The molecule has 0 aliphatic heterocycles. The minimum atomic E-state index is -0.838. The fraction of sp³-hybridized carbons (Fsp3) is 0.400. The molecule has 3 amide bonds. The highest BCUT2D eigenvalue weighted by molar-refractivity contribution is 5.97. The second-order valence-corrected chi connectivity index (χ2v) is 5.25. The Hall–Kier alpha value is -2.57. The smallest absolute Gasteiger partial charge is 0.342 e. The Morgan fingerprint density at radius 1 is 1.27 bits per heavy atom. The van der Waals surface area contributed by atoms with Crippen molar-refractivity contribution in [2.24, 2.45) is 5.92 Å². The van der Waals surface area contributed by atoms with Crippen LogP contribution in [0.4, 0.5) is 4.79 Å². The molecule has 120 valence electrons. The van der Waals surface area contributed by atoms with E-state index in [2.05, 4.69) is 5.32 Å². The first-order chi connectivity index (χ1) is 10.3. The summed E-state index contributed by atoms with van der Waals surface area (Å²) in [5, 5.41) is 14.2. The maximum atomic E-state index is 11.7. The summed E-state index contributed by atoms with van der Waals surface area (Å²) in [5.74, 6) is -1.56. The van der Waals surface area contributed by atoms with E-state index in [4.69, 9.17) is 4.74 Å². The number of phenols is 1. The Morgan fingerprint density at radius 2 is 1.95 bits per heavy atom. The SMILES string of the molecule is Cc1ccc(C(=O)OCC(=O)NC(=O)NCC(C)C)c(O)c1. The van der Waals surface area contributed by atoms with Gasteiger partial charge in [-0.15, -0.1) is 0 Å². The Balaban J connectivity index is 2.43. The number of imide groups is 1. The van der Waals surface area contributed by atoms with Gasteiger partial charge in [0.2, 0.25) is 0 Å². The monoisotopic (exact) mass is 308 g/mol. The Labute approximate surface area is 128 Å². The number of carbonyl (C=O) groups is 3. The quantitative estimate of drug-likeness (QED) is 0.712. The number of benzene rings is 1. The molecule has 1 rings (SSSR count). The van der Waals surface area contributed by atoms with Crippen molar-refractivity contribution in [3.8, 4) is 5.75 Å². The molecule has 7 heteroatoms. The molecule has 0 saturated heterocycles. The summed E-state index contributed by atoms with van der Waals surface area (Å²) in [5.41, 5.74) is 0.747. The van der Waals surface area contributed by atoms with Crippen molar-refractivity contribution in [3.63, 3.8) is 0 Å². The van der Waals surface area contributed by atoms with Gasteiger partial charge in [0.1, 0.15) is 11.3 Å². The number of ether oxygens (including phenoxy) is 1. The van der Waals surface area contributed by atoms with E-state index in [9.17, 15) is 19.5 Å². The van der Waals surface area contributed by atoms with E-state index in [0.717, 1.165) is 5.56 Å². The number of aromatic hydroxyl groups is 1. The van der Waals surface area contributed by atoms with Crippen molar-refractivity contribution in [1.82, 2.24) is 10.6 Å². The Morgan fingerprint density at radius 3 is 2.55 bits per heavy atom. The summed E-state index contributed by atoms with van der Waals surface area (Å²) in [6, 6.07) is 3.80. The average Bonchev–Trinajstić information content (AvgIpc) is 2.42. The van der Waals surface area contributed by atoms with Crippen LogP contribution in [0.5, 0.6) is 5.75 Å². The average molecular weight is 308 g/mol. The van der Waals surface area contributed by atoms with Crippen LogP contribution in [0, 0.1) is 12.8 Å². The number of hydrogen-bond donors (Lipinski definition) is 3. The van der Waals surface area contributed by atoms with E-state index >= 15 is 0 Å². The van der Waals surface area contributed by atoms with Crippen molar-refractivity contribution in [2.45, 2.75) is 20.8 Å². The fourth-order valence-electron chi connectivity index (χ4n) is 1.53. The summed E-state index contributed by atoms with van der Waals surface area (Å²) in [4.78, 5) is 34.5. The molecule has 0 unspecified atom stereocenters. The van der Waals surface area contributed by atoms with Crippen molar-refractivity contribution in [3.05, 3.63) is 29.3 Å². The second kappa shape index (κ2) is 8.02. The predicted octanol–water partition coefficient (Wildman–Crippen LogP) is 1.34. The third kappa shape index (κ3) is 5.82. The largest absolute Gasteiger partial charge is 0.507 e. The lowest BCUT2D eigenvalue weighted by Crippen LogP contribution is -2.42. The third-order valence-corrected chi connectivity index (χ3v) is 2.63. The zero-order valence-electron chi connectivity index (χ0n) is 12.8. The molecule has 0 atom stereocenters. The molecular formula is C15H20N2O5. The number of phenolic OH excluding ortho intramolecular Hbond substituents is 1. The summed E-state index contributed by atoms with van der Waals surface area (Å²) in [6.07, 6.45) is 0. The minimum Gasteiger partial charge on any atom is -0.507 e. The van der Waals surface area contributed by atoms with E-state index in [-0.39, 0.29) is 17.2 Å². The summed E-state index contributed by atoms with van der Waals surface area (Å²) < 4.78 is 4.75. The molecular weight excluding hydrogens is 288 g/mol. The molecule has 1 aromatic carbocycles. The van der Waals surface area contributed by atoms with Crippen LogP contribution in [-0.2, 0) is 9.53 Å². The number of carbonyl (C=O) groups excluding carboxylic acids is 3.